The number of carbonyl (C=O) groups is 2. The molecule has 2 N–H and O–H groups in total. The molecule has 186 valence electrons. The van der Waals surface area contributed by atoms with E-state index in [9.17, 15) is 9.59 Å². The number of hydrogen-bond acceptors (Lipinski definition) is 5. The predicted molar refractivity (Wildman–Crippen MR) is 139 cm³/mol. The van der Waals surface area contributed by atoms with Crippen LogP contribution < -0.4 is 10.1 Å². The maximum atomic E-state index is 11.9. The smallest absolute Gasteiger partial charge is 0.450 e. The highest BCUT2D eigenvalue weighted by Gasteiger charge is 2.14. The van der Waals surface area contributed by atoms with Crippen molar-refractivity contribution in [2.45, 2.75) is 39.7 Å². The molecule has 36 heavy (non-hydrogen) atoms. The van der Waals surface area contributed by atoms with Crippen molar-refractivity contribution in [3.63, 3.8) is 0 Å². The van der Waals surface area contributed by atoms with Gasteiger partial charge in [0.2, 0.25) is 0 Å². The lowest BCUT2D eigenvalue weighted by atomic mass is 10.0. The minimum Gasteiger partial charge on any atom is -0.450 e. The first-order valence-corrected chi connectivity index (χ1v) is 12.0. The zero-order valence-corrected chi connectivity index (χ0v) is 20.4. The van der Waals surface area contributed by atoms with E-state index >= 15 is 0 Å². The Morgan fingerprint density at radius 2 is 1.81 bits per heavy atom. The molecule has 0 atom stereocenters. The van der Waals surface area contributed by atoms with Gasteiger partial charge in [-0.3, -0.25) is 5.32 Å². The number of ether oxygens (including phenoxy) is 2. The molecule has 1 amide bonds. The highest BCUT2D eigenvalue weighted by atomic mass is 16.7. The maximum Gasteiger partial charge on any atom is 0.511 e. The van der Waals surface area contributed by atoms with Crippen LogP contribution in [0.3, 0.4) is 0 Å². The Hall–Kier alpha value is -4.33. The molecule has 4 aromatic rings. The van der Waals surface area contributed by atoms with Crippen molar-refractivity contribution in [3.05, 3.63) is 78.1 Å². The third-order valence-corrected chi connectivity index (χ3v) is 5.79. The molecule has 0 saturated heterocycles. The van der Waals surface area contributed by atoms with Gasteiger partial charge in [-0.2, -0.15) is 0 Å². The van der Waals surface area contributed by atoms with Crippen molar-refractivity contribution in [2.75, 3.05) is 11.9 Å². The number of nitrogens with one attached hydrogen (secondary N) is 1. The number of rotatable bonds is 9. The summed E-state index contributed by atoms with van der Waals surface area (Å²) in [6, 6.07) is 20.6. The van der Waals surface area contributed by atoms with Gasteiger partial charge in [0.25, 0.3) is 0 Å². The molecule has 8 heteroatoms. The van der Waals surface area contributed by atoms with E-state index in [0.717, 1.165) is 47.2 Å². The van der Waals surface area contributed by atoms with E-state index in [-0.39, 0.29) is 0 Å². The van der Waals surface area contributed by atoms with Crippen molar-refractivity contribution in [1.29, 1.82) is 0 Å². The number of nitrogens with zero attached hydrogens (tertiary/aromatic N) is 2. The maximum absolute atomic E-state index is 11.9. The lowest BCUT2D eigenvalue weighted by Gasteiger charge is -2.12. The lowest BCUT2D eigenvalue weighted by molar-refractivity contribution is 0.144. The Kier molecular flexibility index (Phi) is 7.85. The van der Waals surface area contributed by atoms with Gasteiger partial charge in [0.15, 0.2) is 0 Å². The first-order chi connectivity index (χ1) is 17.5. The van der Waals surface area contributed by atoms with Crippen LogP contribution in [0.2, 0.25) is 0 Å². The molecule has 3 aromatic carbocycles. The summed E-state index contributed by atoms with van der Waals surface area (Å²) >= 11 is 0. The van der Waals surface area contributed by atoms with Gasteiger partial charge in [-0.15, -0.1) is 0 Å². The molecule has 0 unspecified atom stereocenters. The Labute approximate surface area is 209 Å². The van der Waals surface area contributed by atoms with Crippen LogP contribution in [-0.4, -0.2) is 33.5 Å². The number of fused-ring (bicyclic) bond motifs is 1. The normalized spacial score (nSPS) is 10.8. The number of benzene rings is 3. The van der Waals surface area contributed by atoms with E-state index in [4.69, 9.17) is 19.6 Å². The van der Waals surface area contributed by atoms with Crippen molar-refractivity contribution >= 4 is 29.0 Å². The van der Waals surface area contributed by atoms with Gasteiger partial charge in [-0.05, 0) is 48.7 Å². The molecule has 0 aliphatic rings. The first kappa shape index (κ1) is 24.8. The van der Waals surface area contributed by atoms with Gasteiger partial charge in [-0.25, -0.2) is 14.6 Å². The third kappa shape index (κ3) is 5.83. The van der Waals surface area contributed by atoms with Crippen molar-refractivity contribution in [3.8, 4) is 16.9 Å². The van der Waals surface area contributed by atoms with Gasteiger partial charge >= 0.3 is 12.2 Å². The van der Waals surface area contributed by atoms with Crippen molar-refractivity contribution in [1.82, 2.24) is 9.55 Å². The average molecular weight is 488 g/mol. The Morgan fingerprint density at radius 3 is 2.53 bits per heavy atom. The topological polar surface area (TPSA) is 103 Å². The van der Waals surface area contributed by atoms with Crippen molar-refractivity contribution < 1.29 is 24.2 Å². The molecule has 0 saturated carbocycles. The summed E-state index contributed by atoms with van der Waals surface area (Å²) in [6.45, 7) is 4.82. The minimum absolute atomic E-state index is 0.293. The highest BCUT2D eigenvalue weighted by Crippen LogP contribution is 2.30. The van der Waals surface area contributed by atoms with Gasteiger partial charge in [0.05, 0.1) is 17.6 Å². The van der Waals surface area contributed by atoms with Gasteiger partial charge in [-0.1, -0.05) is 55.8 Å². The molecule has 8 nitrogen and oxygen atoms in total. The predicted octanol–water partition coefficient (Wildman–Crippen LogP) is 6.72. The van der Waals surface area contributed by atoms with E-state index in [2.05, 4.69) is 16.8 Å². The minimum atomic E-state index is -1.34. The van der Waals surface area contributed by atoms with Gasteiger partial charge < -0.3 is 19.1 Å². The molecule has 4 rings (SSSR count). The van der Waals surface area contributed by atoms with Crippen LogP contribution in [0.15, 0.2) is 66.7 Å². The number of aromatic nitrogens is 2. The second kappa shape index (κ2) is 11.4. The van der Waals surface area contributed by atoms with E-state index in [1.165, 1.54) is 0 Å². The SMILES string of the molecule is CCCCc1nc2ccc(NC(=O)OCC)cc2n1Cc1ccc(-c2ccccc2OC(=O)O)cc1. The lowest BCUT2D eigenvalue weighted by Crippen LogP contribution is -2.13. The van der Waals surface area contributed by atoms with Crippen LogP contribution in [0.5, 0.6) is 5.75 Å². The van der Waals surface area contributed by atoms with Gasteiger partial charge in [0.1, 0.15) is 11.6 Å². The van der Waals surface area contributed by atoms with Crippen LogP contribution >= 0.6 is 0 Å². The molecule has 0 radical (unpaired) electrons. The van der Waals surface area contributed by atoms with E-state index in [0.29, 0.717) is 30.2 Å². The largest absolute Gasteiger partial charge is 0.511 e. The second-order valence-electron chi connectivity index (χ2n) is 8.33. The molecule has 0 aliphatic heterocycles. The standard InChI is InChI=1S/C28H29N3O5/c1-3-5-10-26-30-23-16-15-21(29-27(32)35-4-2)17-24(23)31(26)18-19-11-13-20(14-12-19)22-8-6-7-9-25(22)36-28(33)34/h6-9,11-17H,3-5,10,18H2,1-2H3,(H,29,32)(H,33,34). The quantitative estimate of drug-likeness (QED) is 0.201. The summed E-state index contributed by atoms with van der Waals surface area (Å²) in [5, 5.41) is 11.8. The molecule has 0 aliphatic carbocycles. The van der Waals surface area contributed by atoms with Crippen LogP contribution in [0, 0.1) is 0 Å². The number of anilines is 1. The molecule has 0 fully saturated rings. The van der Waals surface area contributed by atoms with Crippen molar-refractivity contribution in [2.24, 2.45) is 0 Å². The fraction of sp³-hybridized carbons (Fsp3) is 0.250. The van der Waals surface area contributed by atoms with E-state index in [1.54, 1.807) is 19.1 Å². The number of para-hydroxylation sites is 1. The number of hydrogen-bond donors (Lipinski definition) is 2. The fourth-order valence-electron chi connectivity index (χ4n) is 4.10. The van der Waals surface area contributed by atoms with Gasteiger partial charge in [0, 0.05) is 24.2 Å². The van der Waals surface area contributed by atoms with Crippen LogP contribution in [0.25, 0.3) is 22.2 Å². The summed E-state index contributed by atoms with van der Waals surface area (Å²) in [5.41, 5.74) is 5.08. The number of imidazole rings is 1. The monoisotopic (exact) mass is 487 g/mol. The summed E-state index contributed by atoms with van der Waals surface area (Å²) in [4.78, 5) is 27.8. The molecule has 1 aromatic heterocycles. The Morgan fingerprint density at radius 1 is 1.03 bits per heavy atom. The zero-order chi connectivity index (χ0) is 25.5. The number of carbonyl (C=O) groups excluding carboxylic acids is 1. The van der Waals surface area contributed by atoms with E-state index < -0.39 is 12.2 Å². The highest BCUT2D eigenvalue weighted by molar-refractivity contribution is 5.89. The number of amides is 1. The second-order valence-corrected chi connectivity index (χ2v) is 8.33. The molecular formula is C28H29N3O5. The first-order valence-electron chi connectivity index (χ1n) is 12.0. The fourth-order valence-corrected chi connectivity index (χ4v) is 4.10. The van der Waals surface area contributed by atoms with Crippen LogP contribution in [-0.2, 0) is 17.7 Å². The Bertz CT molecular complexity index is 1360. The number of carboxylic acid groups (broad SMARTS) is 1. The zero-order valence-electron chi connectivity index (χ0n) is 20.4. The summed E-state index contributed by atoms with van der Waals surface area (Å²) in [6.07, 6.45) is 1.10. The Balaban J connectivity index is 1.64. The molecule has 0 spiro atoms. The van der Waals surface area contributed by atoms with E-state index in [1.807, 2.05) is 54.6 Å². The third-order valence-electron chi connectivity index (χ3n) is 5.79. The van der Waals surface area contributed by atoms with Crippen LogP contribution in [0.4, 0.5) is 15.3 Å². The molecular weight excluding hydrogens is 458 g/mol. The summed E-state index contributed by atoms with van der Waals surface area (Å²) < 4.78 is 12.1. The summed E-state index contributed by atoms with van der Waals surface area (Å²) in [7, 11) is 0. The van der Waals surface area contributed by atoms with Crippen LogP contribution in [0.1, 0.15) is 38.1 Å². The summed E-state index contributed by atoms with van der Waals surface area (Å²) in [5.74, 6) is 1.28. The number of unbranched alkanes of at least 4 members (excludes halogenated alkanes) is 1. The molecule has 0 bridgehead atoms. The average Bonchev–Trinajstić information content (AvgIpc) is 3.20. The number of aryl methyl sites for hydroxylation is 1. The molecule has 1 heterocycles.